The highest BCUT2D eigenvalue weighted by molar-refractivity contribution is 4.78. The van der Waals surface area contributed by atoms with Gasteiger partial charge in [-0.15, -0.1) is 13.2 Å². The molecule has 0 unspecified atom stereocenters. The van der Waals surface area contributed by atoms with Crippen molar-refractivity contribution in [3.63, 3.8) is 0 Å². The maximum atomic E-state index is 3.87. The first-order valence-electron chi connectivity index (χ1n) is 11.4. The number of hydrogen-bond acceptors (Lipinski definition) is 0. The minimum Gasteiger partial charge on any atom is -1.00 e. The molecule has 0 aromatic carbocycles. The molecule has 0 aliphatic rings. The number of nitrogens with zero attached hydrogens (tertiary/aromatic N) is 1. The minimum atomic E-state index is 0. The second-order valence-electron chi connectivity index (χ2n) is 8.75. The Kier molecular flexibility index (Phi) is 27.5. The van der Waals surface area contributed by atoms with Gasteiger partial charge in [-0.25, -0.2) is 0 Å². The molecule has 0 aromatic heterocycles. The summed E-state index contributed by atoms with van der Waals surface area (Å²) < 4.78 is 1.18. The SMILES string of the molecule is C=CCC(CC=C)[NH2+]CCC[N+](C)(C)CCCCCCCCCCCC.[Br-].[Cl-]. The average Bonchev–Trinajstić information content (AvgIpc) is 2.60. The van der Waals surface area contributed by atoms with Crippen molar-refractivity contribution in [1.29, 1.82) is 0 Å². The van der Waals surface area contributed by atoms with E-state index in [1.807, 2.05) is 12.2 Å². The molecule has 0 saturated carbocycles. The van der Waals surface area contributed by atoms with Crippen molar-refractivity contribution >= 4 is 0 Å². The summed E-state index contributed by atoms with van der Waals surface area (Å²) in [6.07, 6.45) is 21.8. The Labute approximate surface area is 194 Å². The summed E-state index contributed by atoms with van der Waals surface area (Å²) in [5.41, 5.74) is 0. The normalized spacial score (nSPS) is 11.0. The van der Waals surface area contributed by atoms with Gasteiger partial charge in [-0.1, -0.05) is 70.4 Å². The van der Waals surface area contributed by atoms with Crippen molar-refractivity contribution < 1.29 is 39.2 Å². The molecule has 0 saturated heterocycles. The summed E-state index contributed by atoms with van der Waals surface area (Å²) in [6.45, 7) is 13.9. The van der Waals surface area contributed by atoms with Crippen LogP contribution in [0.4, 0.5) is 0 Å². The third kappa shape index (κ3) is 22.5. The molecule has 0 heterocycles. The molecule has 0 atom stereocenters. The molecule has 0 rings (SSSR count). The highest BCUT2D eigenvalue weighted by atomic mass is 79.9. The highest BCUT2D eigenvalue weighted by Gasteiger charge is 2.15. The largest absolute Gasteiger partial charge is 1.00 e. The first-order chi connectivity index (χ1) is 12.6. The molecule has 4 heteroatoms. The Morgan fingerprint density at radius 3 is 1.64 bits per heavy atom. The molecular formula is C24H50BrClN2. The van der Waals surface area contributed by atoms with Crippen LogP contribution in [0.15, 0.2) is 25.3 Å². The van der Waals surface area contributed by atoms with E-state index in [9.17, 15) is 0 Å². The molecule has 170 valence electrons. The fraction of sp³-hybridized carbons (Fsp3) is 0.833. The van der Waals surface area contributed by atoms with Gasteiger partial charge in [-0.2, -0.15) is 0 Å². The average molecular weight is 482 g/mol. The lowest BCUT2D eigenvalue weighted by atomic mass is 10.1. The van der Waals surface area contributed by atoms with Crippen LogP contribution in [-0.4, -0.2) is 44.3 Å². The third-order valence-electron chi connectivity index (χ3n) is 5.52. The molecule has 0 aliphatic carbocycles. The van der Waals surface area contributed by atoms with Crippen LogP contribution in [0.25, 0.3) is 0 Å². The van der Waals surface area contributed by atoms with E-state index in [0.717, 1.165) is 12.8 Å². The Balaban J connectivity index is -0.00000312. The van der Waals surface area contributed by atoms with Crippen LogP contribution in [0.2, 0.25) is 0 Å². The van der Waals surface area contributed by atoms with E-state index in [-0.39, 0.29) is 29.4 Å². The van der Waals surface area contributed by atoms with E-state index in [2.05, 4.69) is 39.5 Å². The summed E-state index contributed by atoms with van der Waals surface area (Å²) in [4.78, 5) is 0. The fourth-order valence-corrected chi connectivity index (χ4v) is 3.73. The maximum Gasteiger partial charge on any atom is 0.0928 e. The zero-order chi connectivity index (χ0) is 19.5. The number of hydrogen-bond donors (Lipinski definition) is 1. The molecule has 0 bridgehead atoms. The number of halogens is 2. The van der Waals surface area contributed by atoms with Gasteiger partial charge >= 0.3 is 0 Å². The summed E-state index contributed by atoms with van der Waals surface area (Å²) in [6, 6.07) is 0.641. The minimum absolute atomic E-state index is 0. The van der Waals surface area contributed by atoms with Crippen LogP contribution in [0, 0.1) is 0 Å². The van der Waals surface area contributed by atoms with Gasteiger partial charge in [0.2, 0.25) is 0 Å². The van der Waals surface area contributed by atoms with E-state index in [4.69, 9.17) is 0 Å². The second-order valence-corrected chi connectivity index (χ2v) is 8.75. The van der Waals surface area contributed by atoms with E-state index in [1.165, 1.54) is 94.7 Å². The number of nitrogens with two attached hydrogens (primary N) is 1. The molecule has 0 aliphatic heterocycles. The van der Waals surface area contributed by atoms with Gasteiger partial charge in [0.1, 0.15) is 0 Å². The van der Waals surface area contributed by atoms with Gasteiger partial charge in [0.25, 0.3) is 0 Å². The summed E-state index contributed by atoms with van der Waals surface area (Å²) in [5, 5.41) is 2.49. The molecule has 0 aromatic rings. The van der Waals surface area contributed by atoms with Gasteiger partial charge in [0.15, 0.2) is 0 Å². The summed E-state index contributed by atoms with van der Waals surface area (Å²) in [7, 11) is 4.80. The van der Waals surface area contributed by atoms with E-state index in [1.54, 1.807) is 0 Å². The number of quaternary nitrogens is 2. The van der Waals surface area contributed by atoms with E-state index < -0.39 is 0 Å². The predicted octanol–water partition coefficient (Wildman–Crippen LogP) is -0.534. The Morgan fingerprint density at radius 1 is 0.750 bits per heavy atom. The quantitative estimate of drug-likeness (QED) is 0.137. The van der Waals surface area contributed by atoms with Gasteiger partial charge in [-0.3, -0.25) is 0 Å². The summed E-state index contributed by atoms with van der Waals surface area (Å²) in [5.74, 6) is 0. The van der Waals surface area contributed by atoms with Gasteiger partial charge in [0.05, 0.1) is 39.8 Å². The molecule has 2 N–H and O–H groups in total. The molecule has 0 amide bonds. The van der Waals surface area contributed by atoms with Gasteiger partial charge in [0, 0.05) is 19.3 Å². The van der Waals surface area contributed by atoms with Crippen molar-refractivity contribution in [2.24, 2.45) is 0 Å². The Hall–Kier alpha value is 0.170. The third-order valence-corrected chi connectivity index (χ3v) is 5.52. The van der Waals surface area contributed by atoms with Crippen molar-refractivity contribution in [1.82, 2.24) is 0 Å². The van der Waals surface area contributed by atoms with Crippen LogP contribution in [0.5, 0.6) is 0 Å². The molecule has 0 fully saturated rings. The standard InChI is InChI=1S/C24H49N2.BrH.ClH/c1-6-9-10-11-12-13-14-15-16-17-22-26(4,5)23-18-21-25-24(19-7-2)20-8-3;;/h7-8,24-25H,2-3,6,9-23H2,1,4-5H3;2*1H/q+1;;/p-1. The van der Waals surface area contributed by atoms with Crippen LogP contribution in [0.3, 0.4) is 0 Å². The molecule has 0 radical (unpaired) electrons. The van der Waals surface area contributed by atoms with Crippen molar-refractivity contribution in [2.75, 3.05) is 33.7 Å². The molecule has 2 nitrogen and oxygen atoms in total. The first kappa shape index (κ1) is 32.8. The van der Waals surface area contributed by atoms with Gasteiger partial charge < -0.3 is 39.2 Å². The predicted molar refractivity (Wildman–Crippen MR) is 119 cm³/mol. The van der Waals surface area contributed by atoms with Crippen molar-refractivity contribution in [3.05, 3.63) is 25.3 Å². The van der Waals surface area contributed by atoms with E-state index >= 15 is 0 Å². The zero-order valence-electron chi connectivity index (χ0n) is 19.2. The fourth-order valence-electron chi connectivity index (χ4n) is 3.73. The number of unbranched alkanes of at least 4 members (excludes halogenated alkanes) is 9. The Morgan fingerprint density at radius 2 is 1.18 bits per heavy atom. The lowest BCUT2D eigenvalue weighted by molar-refractivity contribution is -0.892. The topological polar surface area (TPSA) is 16.6 Å². The van der Waals surface area contributed by atoms with Crippen LogP contribution in [-0.2, 0) is 0 Å². The van der Waals surface area contributed by atoms with Crippen molar-refractivity contribution in [3.8, 4) is 0 Å². The smallest absolute Gasteiger partial charge is 0.0928 e. The lowest BCUT2D eigenvalue weighted by Crippen LogP contribution is -3.00. The first-order valence-corrected chi connectivity index (χ1v) is 11.4. The summed E-state index contributed by atoms with van der Waals surface area (Å²) >= 11 is 0. The van der Waals surface area contributed by atoms with Crippen LogP contribution < -0.4 is 34.7 Å². The Bertz CT molecular complexity index is 325. The maximum absolute atomic E-state index is 3.87. The molecular weight excluding hydrogens is 432 g/mol. The van der Waals surface area contributed by atoms with Crippen LogP contribution >= 0.6 is 0 Å². The van der Waals surface area contributed by atoms with Crippen LogP contribution in [0.1, 0.15) is 90.4 Å². The van der Waals surface area contributed by atoms with E-state index in [0.29, 0.717) is 6.04 Å². The molecule has 28 heavy (non-hydrogen) atoms. The molecule has 0 spiro atoms. The zero-order valence-corrected chi connectivity index (χ0v) is 21.6. The highest BCUT2D eigenvalue weighted by Crippen LogP contribution is 2.11. The van der Waals surface area contributed by atoms with Gasteiger partial charge in [-0.05, 0) is 12.8 Å². The monoisotopic (exact) mass is 480 g/mol. The lowest BCUT2D eigenvalue weighted by Gasteiger charge is -2.29. The second kappa shape index (κ2) is 23.4. The van der Waals surface area contributed by atoms with Crippen molar-refractivity contribution in [2.45, 2.75) is 96.4 Å². The number of rotatable bonds is 20.